The fourth-order valence-corrected chi connectivity index (χ4v) is 3.01. The van der Waals surface area contributed by atoms with Crippen molar-refractivity contribution in [2.45, 2.75) is 50.8 Å². The second kappa shape index (κ2) is 5.42. The molecule has 3 rings (SSSR count). The third-order valence-electron chi connectivity index (χ3n) is 4.22. The summed E-state index contributed by atoms with van der Waals surface area (Å²) in [5.41, 5.74) is 2.69. The minimum Gasteiger partial charge on any atom is -0.393 e. The smallest absolute Gasteiger partial charge is 0.323 e. The van der Waals surface area contributed by atoms with E-state index in [-0.39, 0.29) is 17.8 Å². The number of aromatic amines is 2. The quantitative estimate of drug-likeness (QED) is 0.689. The molecule has 0 saturated heterocycles. The summed E-state index contributed by atoms with van der Waals surface area (Å²) in [5, 5.41) is 13.1. The van der Waals surface area contributed by atoms with E-state index in [9.17, 15) is 9.90 Å². The number of hydrogen-bond donors (Lipinski definition) is 4. The first-order chi connectivity index (χ1) is 9.61. The Morgan fingerprint density at radius 1 is 1.20 bits per heavy atom. The van der Waals surface area contributed by atoms with E-state index in [1.54, 1.807) is 0 Å². The minimum absolute atomic E-state index is 0.121. The minimum atomic E-state index is -0.168. The molecule has 1 fully saturated rings. The number of rotatable bonds is 3. The Morgan fingerprint density at radius 2 is 1.90 bits per heavy atom. The number of hydrogen-bond acceptors (Lipinski definition) is 3. The van der Waals surface area contributed by atoms with Crippen molar-refractivity contribution in [1.29, 1.82) is 0 Å². The van der Waals surface area contributed by atoms with Crippen LogP contribution in [0.15, 0.2) is 23.0 Å². The highest BCUT2D eigenvalue weighted by Crippen LogP contribution is 2.23. The molecule has 0 amide bonds. The van der Waals surface area contributed by atoms with E-state index in [2.05, 4.69) is 22.2 Å². The molecule has 4 N–H and O–H groups in total. The average Bonchev–Trinajstić information content (AvgIpc) is 2.80. The molecule has 0 spiro atoms. The summed E-state index contributed by atoms with van der Waals surface area (Å²) in [6.45, 7) is 2.14. The molecule has 1 aliphatic carbocycles. The highest BCUT2D eigenvalue weighted by molar-refractivity contribution is 5.75. The molecule has 2 aromatic rings. The number of nitrogens with one attached hydrogen (secondary N) is 3. The largest absolute Gasteiger partial charge is 0.393 e. The van der Waals surface area contributed by atoms with E-state index >= 15 is 0 Å². The molecule has 1 atom stereocenters. The second-order valence-electron chi connectivity index (χ2n) is 5.78. The molecule has 1 unspecified atom stereocenters. The van der Waals surface area contributed by atoms with Gasteiger partial charge in [-0.3, -0.25) is 0 Å². The standard InChI is InChI=1S/C15H21N3O2/c1-9(16-11-3-5-12(19)6-4-11)10-2-7-13-14(8-10)18-15(20)17-13/h2,7-9,11-12,16,19H,3-6H2,1H3,(H2,17,18,20). The predicted octanol–water partition coefficient (Wildman–Crippen LogP) is 1.81. The van der Waals surface area contributed by atoms with Gasteiger partial charge in [0.2, 0.25) is 0 Å². The molecule has 0 aliphatic heterocycles. The van der Waals surface area contributed by atoms with Crippen LogP contribution in [0.1, 0.15) is 44.2 Å². The fraction of sp³-hybridized carbons (Fsp3) is 0.533. The predicted molar refractivity (Wildman–Crippen MR) is 78.7 cm³/mol. The van der Waals surface area contributed by atoms with E-state index in [4.69, 9.17) is 0 Å². The van der Waals surface area contributed by atoms with Crippen molar-refractivity contribution in [3.05, 3.63) is 34.2 Å². The van der Waals surface area contributed by atoms with Crippen LogP contribution in [0.2, 0.25) is 0 Å². The zero-order valence-corrected chi connectivity index (χ0v) is 11.6. The lowest BCUT2D eigenvalue weighted by molar-refractivity contribution is 0.114. The van der Waals surface area contributed by atoms with Gasteiger partial charge >= 0.3 is 5.69 Å². The Bertz CT molecular complexity index is 638. The van der Waals surface area contributed by atoms with Crippen LogP contribution in [-0.4, -0.2) is 27.2 Å². The molecule has 1 heterocycles. The van der Waals surface area contributed by atoms with Crippen molar-refractivity contribution in [1.82, 2.24) is 15.3 Å². The van der Waals surface area contributed by atoms with Crippen molar-refractivity contribution in [2.24, 2.45) is 0 Å². The molecule has 5 heteroatoms. The summed E-state index contributed by atoms with van der Waals surface area (Å²) in [6, 6.07) is 6.70. The fourth-order valence-electron chi connectivity index (χ4n) is 3.01. The zero-order chi connectivity index (χ0) is 14.1. The lowest BCUT2D eigenvalue weighted by atomic mass is 9.92. The summed E-state index contributed by atoms with van der Waals surface area (Å²) in [4.78, 5) is 16.8. The average molecular weight is 275 g/mol. The van der Waals surface area contributed by atoms with Gasteiger partial charge in [0.05, 0.1) is 17.1 Å². The van der Waals surface area contributed by atoms with E-state index in [1.807, 2.05) is 18.2 Å². The lowest BCUT2D eigenvalue weighted by Gasteiger charge is -2.29. The monoisotopic (exact) mass is 275 g/mol. The van der Waals surface area contributed by atoms with E-state index in [1.165, 1.54) is 5.56 Å². The molecule has 1 aliphatic rings. The molecular formula is C15H21N3O2. The lowest BCUT2D eigenvalue weighted by Crippen LogP contribution is -2.36. The van der Waals surface area contributed by atoms with Crippen LogP contribution >= 0.6 is 0 Å². The van der Waals surface area contributed by atoms with Gasteiger partial charge in [-0.1, -0.05) is 6.07 Å². The van der Waals surface area contributed by atoms with Crippen molar-refractivity contribution < 1.29 is 5.11 Å². The van der Waals surface area contributed by atoms with Crippen molar-refractivity contribution in [2.75, 3.05) is 0 Å². The SMILES string of the molecule is CC(NC1CCC(O)CC1)c1ccc2[nH]c(=O)[nH]c2c1. The number of H-pyrrole nitrogens is 2. The van der Waals surface area contributed by atoms with Crippen LogP contribution in [0.3, 0.4) is 0 Å². The first kappa shape index (κ1) is 13.4. The number of aliphatic hydroxyl groups excluding tert-OH is 1. The van der Waals surface area contributed by atoms with Gasteiger partial charge in [0.15, 0.2) is 0 Å². The number of benzene rings is 1. The number of aliphatic hydroxyl groups is 1. The van der Waals surface area contributed by atoms with Gasteiger partial charge in [0.1, 0.15) is 0 Å². The van der Waals surface area contributed by atoms with Crippen LogP contribution in [-0.2, 0) is 0 Å². The van der Waals surface area contributed by atoms with E-state index in [0.717, 1.165) is 36.7 Å². The molecule has 0 bridgehead atoms. The zero-order valence-electron chi connectivity index (χ0n) is 11.6. The Hall–Kier alpha value is -1.59. The third kappa shape index (κ3) is 2.78. The second-order valence-corrected chi connectivity index (χ2v) is 5.78. The van der Waals surface area contributed by atoms with Gasteiger partial charge in [-0.25, -0.2) is 4.79 Å². The highest BCUT2D eigenvalue weighted by atomic mass is 16.3. The molecule has 20 heavy (non-hydrogen) atoms. The van der Waals surface area contributed by atoms with Gasteiger partial charge in [0.25, 0.3) is 0 Å². The molecular weight excluding hydrogens is 254 g/mol. The topological polar surface area (TPSA) is 80.9 Å². The molecule has 108 valence electrons. The third-order valence-corrected chi connectivity index (χ3v) is 4.22. The van der Waals surface area contributed by atoms with Gasteiger partial charge in [-0.15, -0.1) is 0 Å². The Morgan fingerprint density at radius 3 is 2.65 bits per heavy atom. The Balaban J connectivity index is 1.71. The van der Waals surface area contributed by atoms with E-state index in [0.29, 0.717) is 6.04 Å². The van der Waals surface area contributed by atoms with Crippen LogP contribution in [0.5, 0.6) is 0 Å². The van der Waals surface area contributed by atoms with Crippen LogP contribution in [0.4, 0.5) is 0 Å². The summed E-state index contributed by atoms with van der Waals surface area (Å²) in [5.74, 6) is 0. The van der Waals surface area contributed by atoms with Gasteiger partial charge in [0, 0.05) is 12.1 Å². The first-order valence-electron chi connectivity index (χ1n) is 7.28. The normalized spacial score (nSPS) is 24.9. The summed E-state index contributed by atoms with van der Waals surface area (Å²) >= 11 is 0. The van der Waals surface area contributed by atoms with Crippen LogP contribution in [0.25, 0.3) is 11.0 Å². The van der Waals surface area contributed by atoms with Gasteiger partial charge in [-0.05, 0) is 50.3 Å². The van der Waals surface area contributed by atoms with Crippen LogP contribution < -0.4 is 11.0 Å². The Labute approximate surface area is 117 Å². The van der Waals surface area contributed by atoms with E-state index < -0.39 is 0 Å². The Kier molecular flexibility index (Phi) is 3.63. The number of fused-ring (bicyclic) bond motifs is 1. The summed E-state index contributed by atoms with van der Waals surface area (Å²) < 4.78 is 0. The maximum absolute atomic E-state index is 11.3. The molecule has 1 saturated carbocycles. The van der Waals surface area contributed by atoms with Gasteiger partial charge < -0.3 is 20.4 Å². The van der Waals surface area contributed by atoms with Crippen LogP contribution in [0, 0.1) is 0 Å². The number of aromatic nitrogens is 2. The van der Waals surface area contributed by atoms with Crippen molar-refractivity contribution in [3.8, 4) is 0 Å². The molecule has 1 aromatic heterocycles. The highest BCUT2D eigenvalue weighted by Gasteiger charge is 2.21. The summed E-state index contributed by atoms with van der Waals surface area (Å²) in [7, 11) is 0. The molecule has 0 radical (unpaired) electrons. The molecule has 1 aromatic carbocycles. The van der Waals surface area contributed by atoms with Crippen molar-refractivity contribution >= 4 is 11.0 Å². The van der Waals surface area contributed by atoms with Gasteiger partial charge in [-0.2, -0.15) is 0 Å². The number of imidazole rings is 1. The molecule has 5 nitrogen and oxygen atoms in total. The summed E-state index contributed by atoms with van der Waals surface area (Å²) in [6.07, 6.45) is 3.69. The maximum atomic E-state index is 11.3. The first-order valence-corrected chi connectivity index (χ1v) is 7.28. The maximum Gasteiger partial charge on any atom is 0.323 e. The van der Waals surface area contributed by atoms with Crippen molar-refractivity contribution in [3.63, 3.8) is 0 Å².